The van der Waals surface area contributed by atoms with Crippen LogP contribution in [0.15, 0.2) is 48.8 Å². The number of amides is 1. The summed E-state index contributed by atoms with van der Waals surface area (Å²) < 4.78 is 19.8. The minimum atomic E-state index is -0.299. The summed E-state index contributed by atoms with van der Waals surface area (Å²) in [4.78, 5) is 16.4. The van der Waals surface area contributed by atoms with Crippen molar-refractivity contribution in [2.24, 2.45) is 0 Å². The molecular formula is C19H19FN4O2. The smallest absolute Gasteiger partial charge is 0.253 e. The maximum Gasteiger partial charge on any atom is 0.253 e. The van der Waals surface area contributed by atoms with E-state index in [1.54, 1.807) is 35.1 Å². The molecule has 6 nitrogen and oxygen atoms in total. The average molecular weight is 354 g/mol. The number of nitrogens with zero attached hydrogens (tertiary/aromatic N) is 3. The van der Waals surface area contributed by atoms with Gasteiger partial charge in [0.2, 0.25) is 5.88 Å². The molecule has 2 aromatic heterocycles. The van der Waals surface area contributed by atoms with Gasteiger partial charge in [0.25, 0.3) is 5.91 Å². The van der Waals surface area contributed by atoms with Crippen LogP contribution in [0.3, 0.4) is 0 Å². The van der Waals surface area contributed by atoms with Crippen molar-refractivity contribution in [3.8, 4) is 11.6 Å². The second-order valence-electron chi connectivity index (χ2n) is 5.86. The van der Waals surface area contributed by atoms with Crippen molar-refractivity contribution in [1.29, 1.82) is 0 Å². The fourth-order valence-corrected chi connectivity index (χ4v) is 2.68. The van der Waals surface area contributed by atoms with Gasteiger partial charge in [-0.05, 0) is 44.2 Å². The zero-order valence-electron chi connectivity index (χ0n) is 14.7. The molecule has 1 aromatic carbocycles. The Bertz CT molecular complexity index is 904. The second kappa shape index (κ2) is 7.35. The van der Waals surface area contributed by atoms with E-state index in [1.165, 1.54) is 25.4 Å². The first-order valence-electron chi connectivity index (χ1n) is 8.11. The minimum absolute atomic E-state index is 0.235. The lowest BCUT2D eigenvalue weighted by Crippen LogP contribution is -2.27. The summed E-state index contributed by atoms with van der Waals surface area (Å²) in [5.74, 6) is -0.0832. The number of hydrogen-bond donors (Lipinski definition) is 1. The van der Waals surface area contributed by atoms with E-state index < -0.39 is 0 Å². The first-order valence-corrected chi connectivity index (χ1v) is 8.11. The molecule has 134 valence electrons. The van der Waals surface area contributed by atoms with Crippen molar-refractivity contribution >= 4 is 5.91 Å². The SMILES string of the molecule is COc1ccc(C(=O)NC(C)c2cnn(-c3ccc(F)cc3)c2C)cn1. The molecular weight excluding hydrogens is 335 g/mol. The number of nitrogens with one attached hydrogen (secondary N) is 1. The van der Waals surface area contributed by atoms with Crippen molar-refractivity contribution < 1.29 is 13.9 Å². The monoisotopic (exact) mass is 354 g/mol. The summed E-state index contributed by atoms with van der Waals surface area (Å²) in [6.07, 6.45) is 3.17. The molecule has 0 aliphatic heterocycles. The van der Waals surface area contributed by atoms with Crippen LogP contribution in [0.4, 0.5) is 4.39 Å². The minimum Gasteiger partial charge on any atom is -0.481 e. The molecule has 2 heterocycles. The van der Waals surface area contributed by atoms with Crippen LogP contribution in [-0.4, -0.2) is 27.8 Å². The predicted molar refractivity (Wildman–Crippen MR) is 94.9 cm³/mol. The number of aromatic nitrogens is 3. The Hall–Kier alpha value is -3.22. The lowest BCUT2D eigenvalue weighted by molar-refractivity contribution is 0.0939. The van der Waals surface area contributed by atoms with Crippen molar-refractivity contribution in [3.63, 3.8) is 0 Å². The van der Waals surface area contributed by atoms with Gasteiger partial charge in [-0.3, -0.25) is 4.79 Å². The third-order valence-electron chi connectivity index (χ3n) is 4.14. The van der Waals surface area contributed by atoms with E-state index in [0.29, 0.717) is 11.4 Å². The van der Waals surface area contributed by atoms with E-state index in [0.717, 1.165) is 16.9 Å². The molecule has 0 aliphatic rings. The molecule has 3 aromatic rings. The van der Waals surface area contributed by atoms with Crippen molar-refractivity contribution in [1.82, 2.24) is 20.1 Å². The largest absolute Gasteiger partial charge is 0.481 e. The van der Waals surface area contributed by atoms with Crippen molar-refractivity contribution in [3.05, 3.63) is 71.4 Å². The van der Waals surface area contributed by atoms with Crippen LogP contribution < -0.4 is 10.1 Å². The molecule has 0 bridgehead atoms. The van der Waals surface area contributed by atoms with E-state index in [2.05, 4.69) is 15.4 Å². The maximum atomic E-state index is 13.1. The highest BCUT2D eigenvalue weighted by atomic mass is 19.1. The lowest BCUT2D eigenvalue weighted by Gasteiger charge is -2.14. The number of halogens is 1. The van der Waals surface area contributed by atoms with Crippen LogP contribution in [0, 0.1) is 12.7 Å². The molecule has 0 fully saturated rings. The summed E-state index contributed by atoms with van der Waals surface area (Å²) in [6, 6.07) is 9.13. The number of methoxy groups -OCH3 is 1. The van der Waals surface area contributed by atoms with Gasteiger partial charge in [-0.25, -0.2) is 14.1 Å². The molecule has 26 heavy (non-hydrogen) atoms. The highest BCUT2D eigenvalue weighted by Gasteiger charge is 2.17. The molecule has 7 heteroatoms. The van der Waals surface area contributed by atoms with Crippen LogP contribution in [-0.2, 0) is 0 Å². The van der Waals surface area contributed by atoms with E-state index in [9.17, 15) is 9.18 Å². The van der Waals surface area contributed by atoms with Gasteiger partial charge < -0.3 is 10.1 Å². The predicted octanol–water partition coefficient (Wildman–Crippen LogP) is 3.21. The number of ether oxygens (including phenoxy) is 1. The molecule has 1 N–H and O–H groups in total. The Morgan fingerprint density at radius 3 is 2.54 bits per heavy atom. The van der Waals surface area contributed by atoms with Gasteiger partial charge in [0.15, 0.2) is 0 Å². The van der Waals surface area contributed by atoms with E-state index in [4.69, 9.17) is 4.74 Å². The molecule has 0 saturated carbocycles. The highest BCUT2D eigenvalue weighted by molar-refractivity contribution is 5.94. The normalized spacial score (nSPS) is 11.8. The summed E-state index contributed by atoms with van der Waals surface area (Å²) in [6.45, 7) is 3.79. The Morgan fingerprint density at radius 2 is 1.92 bits per heavy atom. The molecule has 1 atom stereocenters. The zero-order valence-corrected chi connectivity index (χ0v) is 14.7. The number of rotatable bonds is 5. The second-order valence-corrected chi connectivity index (χ2v) is 5.86. The summed E-state index contributed by atoms with van der Waals surface area (Å²) >= 11 is 0. The molecule has 0 spiro atoms. The Labute approximate surface area is 150 Å². The maximum absolute atomic E-state index is 13.1. The van der Waals surface area contributed by atoms with Gasteiger partial charge in [-0.15, -0.1) is 0 Å². The van der Waals surface area contributed by atoms with Gasteiger partial charge in [-0.2, -0.15) is 5.10 Å². The van der Waals surface area contributed by atoms with Gasteiger partial charge in [0, 0.05) is 23.5 Å². The van der Waals surface area contributed by atoms with E-state index >= 15 is 0 Å². The van der Waals surface area contributed by atoms with Crippen LogP contribution in [0.2, 0.25) is 0 Å². The van der Waals surface area contributed by atoms with Crippen LogP contribution in [0.5, 0.6) is 5.88 Å². The van der Waals surface area contributed by atoms with Gasteiger partial charge >= 0.3 is 0 Å². The summed E-state index contributed by atoms with van der Waals surface area (Å²) in [5, 5.41) is 7.29. The zero-order chi connectivity index (χ0) is 18.7. The van der Waals surface area contributed by atoms with Gasteiger partial charge in [0.1, 0.15) is 5.82 Å². The fourth-order valence-electron chi connectivity index (χ4n) is 2.68. The van der Waals surface area contributed by atoms with Crippen LogP contribution in [0.1, 0.15) is 34.6 Å². The lowest BCUT2D eigenvalue weighted by atomic mass is 10.1. The molecule has 1 unspecified atom stereocenters. The van der Waals surface area contributed by atoms with E-state index in [-0.39, 0.29) is 17.8 Å². The number of carbonyl (C=O) groups excluding carboxylic acids is 1. The molecule has 0 saturated heterocycles. The fraction of sp³-hybridized carbons (Fsp3) is 0.211. The highest BCUT2D eigenvalue weighted by Crippen LogP contribution is 2.21. The quantitative estimate of drug-likeness (QED) is 0.764. The Kier molecular flexibility index (Phi) is 4.97. The number of benzene rings is 1. The third kappa shape index (κ3) is 3.56. The Morgan fingerprint density at radius 1 is 1.19 bits per heavy atom. The molecule has 1 amide bonds. The van der Waals surface area contributed by atoms with Gasteiger partial charge in [0.05, 0.1) is 30.6 Å². The first kappa shape index (κ1) is 17.6. The summed E-state index contributed by atoms with van der Waals surface area (Å²) in [5.41, 5.74) is 2.95. The molecule has 3 rings (SSSR count). The van der Waals surface area contributed by atoms with Crippen molar-refractivity contribution in [2.45, 2.75) is 19.9 Å². The third-order valence-corrected chi connectivity index (χ3v) is 4.14. The topological polar surface area (TPSA) is 69.0 Å². The number of hydrogen-bond acceptors (Lipinski definition) is 4. The molecule has 0 radical (unpaired) electrons. The molecule has 0 aliphatic carbocycles. The van der Waals surface area contributed by atoms with Crippen molar-refractivity contribution in [2.75, 3.05) is 7.11 Å². The van der Waals surface area contributed by atoms with Crippen LogP contribution >= 0.6 is 0 Å². The van der Waals surface area contributed by atoms with E-state index in [1.807, 2.05) is 13.8 Å². The standard InChI is InChI=1S/C19H19FN4O2/c1-12(23-19(25)14-4-9-18(26-3)21-10-14)17-11-22-24(13(17)2)16-7-5-15(20)6-8-16/h4-12H,1-3H3,(H,23,25). The summed E-state index contributed by atoms with van der Waals surface area (Å²) in [7, 11) is 1.52. The van der Waals surface area contributed by atoms with Crippen LogP contribution in [0.25, 0.3) is 5.69 Å². The number of carbonyl (C=O) groups is 1. The first-order chi connectivity index (χ1) is 12.5. The van der Waals surface area contributed by atoms with Gasteiger partial charge in [-0.1, -0.05) is 0 Å². The number of pyridine rings is 1. The Balaban J connectivity index is 1.76. The average Bonchev–Trinajstić information content (AvgIpc) is 3.04.